The van der Waals surface area contributed by atoms with Crippen LogP contribution in [0.1, 0.15) is 35.9 Å². The van der Waals surface area contributed by atoms with E-state index in [2.05, 4.69) is 21.9 Å². The van der Waals surface area contributed by atoms with Crippen LogP contribution in [0.3, 0.4) is 0 Å². The summed E-state index contributed by atoms with van der Waals surface area (Å²) in [5, 5.41) is 0. The van der Waals surface area contributed by atoms with E-state index in [1.807, 2.05) is 24.0 Å². The molecule has 1 aliphatic carbocycles. The van der Waals surface area contributed by atoms with Crippen molar-refractivity contribution in [2.45, 2.75) is 38.8 Å². The lowest BCUT2D eigenvalue weighted by Gasteiger charge is -2.57. The van der Waals surface area contributed by atoms with Crippen LogP contribution < -0.4 is 0 Å². The SMILES string of the molecule is COCC1[C@@H](C)C2CC(C2)N1C(=O)c1nc(C)ccc1-c1ncccn1. The Morgan fingerprint density at radius 3 is 2.69 bits per heavy atom. The maximum atomic E-state index is 13.6. The number of aryl methyl sites for hydroxylation is 1. The average Bonchev–Trinajstić information content (AvgIpc) is 2.62. The summed E-state index contributed by atoms with van der Waals surface area (Å²) in [6.07, 6.45) is 5.53. The number of piperidine rings is 2. The molecule has 3 fully saturated rings. The lowest BCUT2D eigenvalue weighted by atomic mass is 9.64. The number of carbonyl (C=O) groups excluding carboxylic acids is 1. The third kappa shape index (κ3) is 2.78. The molecule has 0 aromatic carbocycles. The Balaban J connectivity index is 1.75. The molecule has 2 aromatic heterocycles. The molecule has 0 spiro atoms. The summed E-state index contributed by atoms with van der Waals surface area (Å²) in [6.45, 7) is 4.69. The van der Waals surface area contributed by atoms with E-state index >= 15 is 0 Å². The van der Waals surface area contributed by atoms with Crippen LogP contribution in [-0.4, -0.2) is 51.6 Å². The monoisotopic (exact) mass is 352 g/mol. The molecule has 2 saturated heterocycles. The highest BCUT2D eigenvalue weighted by atomic mass is 16.5. The summed E-state index contributed by atoms with van der Waals surface area (Å²) in [4.78, 5) is 28.8. The number of hydrogen-bond acceptors (Lipinski definition) is 5. The molecular weight excluding hydrogens is 328 g/mol. The first-order valence-corrected chi connectivity index (χ1v) is 9.16. The van der Waals surface area contributed by atoms with Crippen molar-refractivity contribution in [3.8, 4) is 11.4 Å². The van der Waals surface area contributed by atoms with Gasteiger partial charge in [-0.15, -0.1) is 0 Å². The van der Waals surface area contributed by atoms with Crippen molar-refractivity contribution in [1.82, 2.24) is 19.9 Å². The van der Waals surface area contributed by atoms with Crippen LogP contribution >= 0.6 is 0 Å². The smallest absolute Gasteiger partial charge is 0.273 e. The van der Waals surface area contributed by atoms with E-state index in [1.165, 1.54) is 0 Å². The Morgan fingerprint density at radius 2 is 2.00 bits per heavy atom. The number of nitrogens with zero attached hydrogens (tertiary/aromatic N) is 4. The number of carbonyl (C=O) groups is 1. The Kier molecular flexibility index (Phi) is 4.44. The van der Waals surface area contributed by atoms with E-state index < -0.39 is 0 Å². The number of hydrogen-bond donors (Lipinski definition) is 0. The molecule has 2 aliphatic heterocycles. The summed E-state index contributed by atoms with van der Waals surface area (Å²) < 4.78 is 5.44. The summed E-state index contributed by atoms with van der Waals surface area (Å²) >= 11 is 0. The summed E-state index contributed by atoms with van der Waals surface area (Å²) in [5.74, 6) is 1.63. The molecule has 2 atom stereocenters. The van der Waals surface area contributed by atoms with Crippen molar-refractivity contribution in [2.75, 3.05) is 13.7 Å². The topological polar surface area (TPSA) is 68.2 Å². The van der Waals surface area contributed by atoms with Gasteiger partial charge in [-0.1, -0.05) is 6.92 Å². The number of aromatic nitrogens is 3. The van der Waals surface area contributed by atoms with Crippen LogP contribution in [0.25, 0.3) is 11.4 Å². The van der Waals surface area contributed by atoms with Gasteiger partial charge in [0.15, 0.2) is 5.82 Å². The van der Waals surface area contributed by atoms with Crippen LogP contribution in [0, 0.1) is 18.8 Å². The molecule has 0 radical (unpaired) electrons. The van der Waals surface area contributed by atoms with Crippen molar-refractivity contribution in [3.63, 3.8) is 0 Å². The van der Waals surface area contributed by atoms with E-state index in [9.17, 15) is 4.79 Å². The maximum Gasteiger partial charge on any atom is 0.273 e. The van der Waals surface area contributed by atoms with Gasteiger partial charge in [-0.3, -0.25) is 4.79 Å². The van der Waals surface area contributed by atoms with Gasteiger partial charge in [0.1, 0.15) is 5.69 Å². The predicted molar refractivity (Wildman–Crippen MR) is 97.5 cm³/mol. The first kappa shape index (κ1) is 17.1. The molecular formula is C20H24N4O2. The quantitative estimate of drug-likeness (QED) is 0.846. The predicted octanol–water partition coefficient (Wildman–Crippen LogP) is 2.73. The summed E-state index contributed by atoms with van der Waals surface area (Å²) in [7, 11) is 1.70. The van der Waals surface area contributed by atoms with E-state index in [0.717, 1.165) is 18.5 Å². The third-order valence-corrected chi connectivity index (χ3v) is 5.87. The maximum absolute atomic E-state index is 13.6. The number of ether oxygens (including phenoxy) is 1. The standard InChI is InChI=1S/C20H24N4O2/c1-12-5-6-16(19-21-7-4-8-22-19)18(23-12)20(25)24-15-9-14(10-15)13(2)17(24)11-26-3/h4-8,13-15,17H,9-11H2,1-3H3/t13-,14?,15?,17?/m0/s1. The molecule has 2 bridgehead atoms. The summed E-state index contributed by atoms with van der Waals surface area (Å²) in [6, 6.07) is 5.94. The Morgan fingerprint density at radius 1 is 1.27 bits per heavy atom. The molecule has 1 saturated carbocycles. The van der Waals surface area contributed by atoms with Gasteiger partial charge >= 0.3 is 0 Å². The second kappa shape index (κ2) is 6.76. The molecule has 5 rings (SSSR count). The van der Waals surface area contributed by atoms with E-state index in [4.69, 9.17) is 4.74 Å². The number of amides is 1. The van der Waals surface area contributed by atoms with Gasteiger partial charge in [0.2, 0.25) is 0 Å². The van der Waals surface area contributed by atoms with Crippen LogP contribution in [-0.2, 0) is 4.74 Å². The molecule has 6 heteroatoms. The van der Waals surface area contributed by atoms with Crippen molar-refractivity contribution >= 4 is 5.91 Å². The molecule has 6 nitrogen and oxygen atoms in total. The Hall–Kier alpha value is -2.34. The van der Waals surface area contributed by atoms with Gasteiger partial charge in [0.25, 0.3) is 5.91 Å². The van der Waals surface area contributed by atoms with Gasteiger partial charge in [-0.25, -0.2) is 15.0 Å². The fourth-order valence-electron chi connectivity index (χ4n) is 4.30. The van der Waals surface area contributed by atoms with Crippen molar-refractivity contribution in [3.05, 3.63) is 42.0 Å². The van der Waals surface area contributed by atoms with Crippen molar-refractivity contribution in [2.24, 2.45) is 11.8 Å². The van der Waals surface area contributed by atoms with Gasteiger partial charge in [-0.2, -0.15) is 0 Å². The lowest BCUT2D eigenvalue weighted by Crippen LogP contribution is -2.64. The highest BCUT2D eigenvalue weighted by Crippen LogP contribution is 2.47. The van der Waals surface area contributed by atoms with E-state index in [1.54, 1.807) is 25.6 Å². The minimum absolute atomic E-state index is 0.0341. The van der Waals surface area contributed by atoms with Crippen molar-refractivity contribution < 1.29 is 9.53 Å². The van der Waals surface area contributed by atoms with E-state index in [0.29, 0.717) is 35.5 Å². The lowest BCUT2D eigenvalue weighted by molar-refractivity contribution is -0.0757. The molecule has 0 N–H and O–H groups in total. The highest BCUT2D eigenvalue weighted by Gasteiger charge is 2.51. The highest BCUT2D eigenvalue weighted by molar-refractivity contribution is 5.98. The number of methoxy groups -OCH3 is 1. The molecule has 1 unspecified atom stereocenters. The first-order valence-electron chi connectivity index (χ1n) is 9.16. The molecule has 3 aliphatic rings. The van der Waals surface area contributed by atoms with Crippen LogP contribution in [0.4, 0.5) is 0 Å². The van der Waals surface area contributed by atoms with Gasteiger partial charge in [0, 0.05) is 31.2 Å². The summed E-state index contributed by atoms with van der Waals surface area (Å²) in [5.41, 5.74) is 1.94. The molecule has 2 aromatic rings. The second-order valence-corrected chi connectivity index (χ2v) is 7.40. The molecule has 136 valence electrons. The van der Waals surface area contributed by atoms with Crippen molar-refractivity contribution in [1.29, 1.82) is 0 Å². The average molecular weight is 352 g/mol. The molecule has 1 amide bonds. The van der Waals surface area contributed by atoms with Crippen LogP contribution in [0.15, 0.2) is 30.6 Å². The normalized spacial score (nSPS) is 27.1. The fourth-order valence-corrected chi connectivity index (χ4v) is 4.30. The fraction of sp³-hybridized carbons (Fsp3) is 0.500. The minimum Gasteiger partial charge on any atom is -0.383 e. The first-order chi connectivity index (χ1) is 12.6. The largest absolute Gasteiger partial charge is 0.383 e. The number of pyridine rings is 1. The van der Waals surface area contributed by atoms with Gasteiger partial charge in [-0.05, 0) is 49.8 Å². The number of rotatable bonds is 4. The number of fused-ring (bicyclic) bond motifs is 2. The molecule has 4 heterocycles. The van der Waals surface area contributed by atoms with Gasteiger partial charge < -0.3 is 9.64 Å². The van der Waals surface area contributed by atoms with Crippen LogP contribution in [0.5, 0.6) is 0 Å². The zero-order valence-corrected chi connectivity index (χ0v) is 15.4. The Bertz CT molecular complexity index is 805. The van der Waals surface area contributed by atoms with Crippen LogP contribution in [0.2, 0.25) is 0 Å². The van der Waals surface area contributed by atoms with Gasteiger partial charge in [0.05, 0.1) is 18.2 Å². The minimum atomic E-state index is -0.0341. The van der Waals surface area contributed by atoms with E-state index in [-0.39, 0.29) is 18.0 Å². The zero-order valence-electron chi connectivity index (χ0n) is 15.4. The zero-order chi connectivity index (χ0) is 18.3. The second-order valence-electron chi connectivity index (χ2n) is 7.40. The molecule has 26 heavy (non-hydrogen) atoms. The third-order valence-electron chi connectivity index (χ3n) is 5.87. The Labute approximate surface area is 153 Å².